The molecule has 4 nitrogen and oxygen atoms in total. The van der Waals surface area contributed by atoms with Gasteiger partial charge in [-0.1, -0.05) is 13.8 Å². The van der Waals surface area contributed by atoms with E-state index in [4.69, 9.17) is 0 Å². The quantitative estimate of drug-likeness (QED) is 0.897. The molecule has 4 heteroatoms. The number of pyridine rings is 1. The first-order chi connectivity index (χ1) is 8.54. The fourth-order valence-corrected chi connectivity index (χ4v) is 1.93. The summed E-state index contributed by atoms with van der Waals surface area (Å²) in [6, 6.07) is 2.07. The maximum atomic E-state index is 4.51. The minimum Gasteiger partial charge on any atom is -0.324 e. The SMILES string of the molecule is Cc1cncc(Nc2nc(C)cn2CC(C)C)c1. The van der Waals surface area contributed by atoms with Crippen LogP contribution in [0, 0.1) is 19.8 Å². The third-order valence-corrected chi connectivity index (χ3v) is 2.59. The van der Waals surface area contributed by atoms with Crippen molar-refractivity contribution in [1.82, 2.24) is 14.5 Å². The van der Waals surface area contributed by atoms with E-state index in [1.54, 1.807) is 0 Å². The van der Waals surface area contributed by atoms with Crippen molar-refractivity contribution in [3.05, 3.63) is 35.9 Å². The van der Waals surface area contributed by atoms with Crippen LogP contribution < -0.4 is 5.32 Å². The Kier molecular flexibility index (Phi) is 3.65. The van der Waals surface area contributed by atoms with Gasteiger partial charge in [0.15, 0.2) is 0 Å². The summed E-state index contributed by atoms with van der Waals surface area (Å²) in [5.74, 6) is 1.48. The molecule has 2 heterocycles. The highest BCUT2D eigenvalue weighted by atomic mass is 15.2. The van der Waals surface area contributed by atoms with Gasteiger partial charge in [-0.05, 0) is 31.4 Å². The van der Waals surface area contributed by atoms with Crippen molar-refractivity contribution in [2.45, 2.75) is 34.2 Å². The van der Waals surface area contributed by atoms with Crippen molar-refractivity contribution in [1.29, 1.82) is 0 Å². The average Bonchev–Trinajstić information content (AvgIpc) is 2.58. The van der Waals surface area contributed by atoms with Crippen molar-refractivity contribution in [3.8, 4) is 0 Å². The van der Waals surface area contributed by atoms with Gasteiger partial charge in [-0.2, -0.15) is 0 Å². The molecule has 0 spiro atoms. The van der Waals surface area contributed by atoms with Crippen LogP contribution in [0.25, 0.3) is 0 Å². The molecule has 96 valence electrons. The Balaban J connectivity index is 2.23. The van der Waals surface area contributed by atoms with E-state index < -0.39 is 0 Å². The Labute approximate surface area is 108 Å². The number of anilines is 2. The number of rotatable bonds is 4. The number of hydrogen-bond acceptors (Lipinski definition) is 3. The molecule has 2 aromatic heterocycles. The number of imidazole rings is 1. The van der Waals surface area contributed by atoms with Gasteiger partial charge in [-0.3, -0.25) is 4.98 Å². The van der Waals surface area contributed by atoms with E-state index in [1.165, 1.54) is 0 Å². The molecule has 0 atom stereocenters. The predicted molar refractivity (Wildman–Crippen MR) is 74.1 cm³/mol. The Morgan fingerprint density at radius 1 is 1.28 bits per heavy atom. The van der Waals surface area contributed by atoms with Crippen LogP contribution in [0.4, 0.5) is 11.6 Å². The van der Waals surface area contributed by atoms with E-state index in [0.29, 0.717) is 5.92 Å². The molecular weight excluding hydrogens is 224 g/mol. The highest BCUT2D eigenvalue weighted by molar-refractivity contribution is 5.53. The lowest BCUT2D eigenvalue weighted by Crippen LogP contribution is -2.07. The van der Waals surface area contributed by atoms with Crippen LogP contribution in [-0.2, 0) is 6.54 Å². The summed E-state index contributed by atoms with van der Waals surface area (Å²) in [6.45, 7) is 9.41. The van der Waals surface area contributed by atoms with Crippen molar-refractivity contribution < 1.29 is 0 Å². The predicted octanol–water partition coefficient (Wildman–Crippen LogP) is 3.29. The van der Waals surface area contributed by atoms with Gasteiger partial charge in [0, 0.05) is 18.9 Å². The van der Waals surface area contributed by atoms with Crippen LogP contribution >= 0.6 is 0 Å². The summed E-state index contributed by atoms with van der Waals surface area (Å²) in [5.41, 5.74) is 3.14. The Morgan fingerprint density at radius 3 is 2.72 bits per heavy atom. The Hall–Kier alpha value is -1.84. The molecule has 0 radical (unpaired) electrons. The zero-order valence-corrected chi connectivity index (χ0v) is 11.4. The monoisotopic (exact) mass is 244 g/mol. The second kappa shape index (κ2) is 5.21. The van der Waals surface area contributed by atoms with E-state index in [1.807, 2.05) is 26.2 Å². The molecule has 18 heavy (non-hydrogen) atoms. The fraction of sp³-hybridized carbons (Fsp3) is 0.429. The first-order valence-corrected chi connectivity index (χ1v) is 6.27. The molecule has 1 N–H and O–H groups in total. The molecule has 2 aromatic rings. The molecule has 0 aliphatic rings. The lowest BCUT2D eigenvalue weighted by molar-refractivity contribution is 0.527. The zero-order chi connectivity index (χ0) is 13.1. The van der Waals surface area contributed by atoms with Gasteiger partial charge in [0.05, 0.1) is 17.6 Å². The van der Waals surface area contributed by atoms with Crippen molar-refractivity contribution >= 4 is 11.6 Å². The standard InChI is InChI=1S/C14H20N4/c1-10(2)8-18-9-12(4)16-14(18)17-13-5-11(3)6-15-7-13/h5-7,9-10H,8H2,1-4H3,(H,16,17). The molecule has 0 aliphatic carbocycles. The van der Waals surface area contributed by atoms with Gasteiger partial charge in [-0.15, -0.1) is 0 Å². The largest absolute Gasteiger partial charge is 0.324 e. The van der Waals surface area contributed by atoms with Gasteiger partial charge >= 0.3 is 0 Å². The normalized spacial score (nSPS) is 10.9. The summed E-state index contributed by atoms with van der Waals surface area (Å²) in [4.78, 5) is 8.69. The van der Waals surface area contributed by atoms with Crippen molar-refractivity contribution in [3.63, 3.8) is 0 Å². The van der Waals surface area contributed by atoms with Crippen molar-refractivity contribution in [2.75, 3.05) is 5.32 Å². The molecule has 0 amide bonds. The molecule has 0 unspecified atom stereocenters. The molecule has 2 rings (SSSR count). The minimum absolute atomic E-state index is 0.592. The first-order valence-electron chi connectivity index (χ1n) is 6.27. The molecule has 0 fully saturated rings. The average molecular weight is 244 g/mol. The van der Waals surface area contributed by atoms with Gasteiger partial charge in [0.2, 0.25) is 5.95 Å². The Bertz CT molecular complexity index is 528. The van der Waals surface area contributed by atoms with Gasteiger partial charge < -0.3 is 9.88 Å². The van der Waals surface area contributed by atoms with Crippen LogP contribution in [0.3, 0.4) is 0 Å². The number of nitrogens with one attached hydrogen (secondary N) is 1. The summed E-state index contributed by atoms with van der Waals surface area (Å²) in [7, 11) is 0. The van der Waals surface area contributed by atoms with E-state index >= 15 is 0 Å². The van der Waals surface area contributed by atoms with Crippen molar-refractivity contribution in [2.24, 2.45) is 5.92 Å². The number of aryl methyl sites for hydroxylation is 2. The lowest BCUT2D eigenvalue weighted by Gasteiger charge is -2.11. The first kappa shape index (κ1) is 12.6. The van der Waals surface area contributed by atoms with Gasteiger partial charge in [0.1, 0.15) is 0 Å². The smallest absolute Gasteiger partial charge is 0.207 e. The Morgan fingerprint density at radius 2 is 2.06 bits per heavy atom. The molecule has 0 saturated heterocycles. The maximum Gasteiger partial charge on any atom is 0.207 e. The van der Waals surface area contributed by atoms with Crippen LogP contribution in [0.15, 0.2) is 24.7 Å². The van der Waals surface area contributed by atoms with E-state index in [0.717, 1.165) is 29.4 Å². The number of aromatic nitrogens is 3. The zero-order valence-electron chi connectivity index (χ0n) is 11.4. The van der Waals surface area contributed by atoms with E-state index in [9.17, 15) is 0 Å². The molecular formula is C14H20N4. The number of nitrogens with zero attached hydrogens (tertiary/aromatic N) is 3. The molecule has 0 aromatic carbocycles. The highest BCUT2D eigenvalue weighted by Crippen LogP contribution is 2.17. The third kappa shape index (κ3) is 3.09. The van der Waals surface area contributed by atoms with Crippen LogP contribution in [0.5, 0.6) is 0 Å². The second-order valence-electron chi connectivity index (χ2n) is 5.13. The van der Waals surface area contributed by atoms with Crippen LogP contribution in [0.1, 0.15) is 25.1 Å². The third-order valence-electron chi connectivity index (χ3n) is 2.59. The van der Waals surface area contributed by atoms with Gasteiger partial charge in [0.25, 0.3) is 0 Å². The summed E-state index contributed by atoms with van der Waals surface area (Å²) < 4.78 is 2.16. The highest BCUT2D eigenvalue weighted by Gasteiger charge is 2.07. The fourth-order valence-electron chi connectivity index (χ4n) is 1.93. The lowest BCUT2D eigenvalue weighted by atomic mass is 10.2. The maximum absolute atomic E-state index is 4.51. The van der Waals surface area contributed by atoms with E-state index in [2.05, 4.69) is 46.0 Å². The molecule has 0 aliphatic heterocycles. The summed E-state index contributed by atoms with van der Waals surface area (Å²) in [5, 5.41) is 3.33. The van der Waals surface area contributed by atoms with Crippen LogP contribution in [0.2, 0.25) is 0 Å². The molecule has 0 saturated carbocycles. The van der Waals surface area contributed by atoms with Gasteiger partial charge in [-0.25, -0.2) is 4.98 Å². The van der Waals surface area contributed by atoms with Crippen LogP contribution in [-0.4, -0.2) is 14.5 Å². The second-order valence-corrected chi connectivity index (χ2v) is 5.13. The topological polar surface area (TPSA) is 42.7 Å². The summed E-state index contributed by atoms with van der Waals surface area (Å²) in [6.07, 6.45) is 5.74. The minimum atomic E-state index is 0.592. The number of hydrogen-bond donors (Lipinski definition) is 1. The summed E-state index contributed by atoms with van der Waals surface area (Å²) >= 11 is 0. The molecule has 0 bridgehead atoms. The van der Waals surface area contributed by atoms with E-state index in [-0.39, 0.29) is 0 Å².